The van der Waals surface area contributed by atoms with Gasteiger partial charge in [-0.05, 0) is 18.2 Å². The fourth-order valence-corrected chi connectivity index (χ4v) is 2.38. The maximum absolute atomic E-state index is 10.00. The lowest BCUT2D eigenvalue weighted by Crippen LogP contribution is -1.94. The van der Waals surface area contributed by atoms with Crippen LogP contribution in [0.4, 0.5) is 0 Å². The van der Waals surface area contributed by atoms with Crippen LogP contribution in [0, 0.1) is 0 Å². The first-order valence-electron chi connectivity index (χ1n) is 5.65. The van der Waals surface area contributed by atoms with Crippen molar-refractivity contribution in [3.8, 4) is 5.88 Å². The van der Waals surface area contributed by atoms with Crippen molar-refractivity contribution in [2.45, 2.75) is 0 Å². The van der Waals surface area contributed by atoms with Crippen LogP contribution in [0.5, 0.6) is 5.88 Å². The molecule has 92 valence electrons. The molecule has 1 N–H and O–H groups in total. The zero-order chi connectivity index (χ0) is 13.0. The highest BCUT2D eigenvalue weighted by Crippen LogP contribution is 2.26. The molecule has 0 fully saturated rings. The Morgan fingerprint density at radius 1 is 1.05 bits per heavy atom. The molecule has 4 aromatic rings. The van der Waals surface area contributed by atoms with Gasteiger partial charge >= 0.3 is 0 Å². The van der Waals surface area contributed by atoms with Gasteiger partial charge in [0.15, 0.2) is 5.65 Å². The second-order valence-corrected chi connectivity index (χ2v) is 4.63. The highest BCUT2D eigenvalue weighted by molar-refractivity contribution is 6.31. The molecule has 0 spiro atoms. The van der Waals surface area contributed by atoms with E-state index in [1.165, 1.54) is 0 Å². The van der Waals surface area contributed by atoms with Crippen LogP contribution in [-0.2, 0) is 0 Å². The summed E-state index contributed by atoms with van der Waals surface area (Å²) >= 11 is 5.91. The van der Waals surface area contributed by atoms with E-state index in [2.05, 4.69) is 15.0 Å². The average Bonchev–Trinajstić information content (AvgIpc) is 2.79. The summed E-state index contributed by atoms with van der Waals surface area (Å²) in [6.45, 7) is 0. The normalized spacial score (nSPS) is 11.6. The lowest BCUT2D eigenvalue weighted by molar-refractivity contribution is 0.458. The van der Waals surface area contributed by atoms with Crippen LogP contribution in [0.3, 0.4) is 0 Å². The van der Waals surface area contributed by atoms with Crippen LogP contribution < -0.4 is 0 Å². The lowest BCUT2D eigenvalue weighted by atomic mass is 10.3. The molecule has 3 heterocycles. The molecule has 0 radical (unpaired) electrons. The summed E-state index contributed by atoms with van der Waals surface area (Å²) in [7, 11) is 0. The second kappa shape index (κ2) is 3.55. The molecule has 0 saturated heterocycles. The first-order chi connectivity index (χ1) is 9.24. The van der Waals surface area contributed by atoms with E-state index in [9.17, 15) is 5.11 Å². The number of aromatic hydroxyl groups is 1. The van der Waals surface area contributed by atoms with E-state index in [0.29, 0.717) is 21.8 Å². The molecule has 0 aliphatic heterocycles. The SMILES string of the molecule is Oc1nc2cc(Cl)cnc2n2c1nc1ccccc12. The maximum atomic E-state index is 10.00. The smallest absolute Gasteiger partial charge is 0.256 e. The van der Waals surface area contributed by atoms with Crippen LogP contribution in [0.1, 0.15) is 0 Å². The molecule has 4 rings (SSSR count). The minimum atomic E-state index is -0.132. The lowest BCUT2D eigenvalue weighted by Gasteiger charge is -2.03. The molecule has 3 aromatic heterocycles. The van der Waals surface area contributed by atoms with Gasteiger partial charge in [0.05, 0.1) is 16.1 Å². The number of nitrogens with zero attached hydrogens (tertiary/aromatic N) is 4. The number of pyridine rings is 1. The maximum Gasteiger partial charge on any atom is 0.256 e. The summed E-state index contributed by atoms with van der Waals surface area (Å²) in [6.07, 6.45) is 1.55. The molecule has 0 amide bonds. The topological polar surface area (TPSA) is 63.3 Å². The number of halogens is 1. The van der Waals surface area contributed by atoms with E-state index in [-0.39, 0.29) is 5.88 Å². The molecule has 5 nitrogen and oxygen atoms in total. The first-order valence-corrected chi connectivity index (χ1v) is 6.03. The molecule has 0 aliphatic carbocycles. The van der Waals surface area contributed by atoms with Gasteiger partial charge in [-0.3, -0.25) is 4.40 Å². The van der Waals surface area contributed by atoms with Crippen LogP contribution in [0.15, 0.2) is 36.5 Å². The largest absolute Gasteiger partial charge is 0.491 e. The number of benzene rings is 1. The van der Waals surface area contributed by atoms with Crippen molar-refractivity contribution in [1.82, 2.24) is 19.4 Å². The number of imidazole rings is 1. The van der Waals surface area contributed by atoms with Gasteiger partial charge in [0.1, 0.15) is 5.52 Å². The quantitative estimate of drug-likeness (QED) is 0.534. The Morgan fingerprint density at radius 3 is 2.79 bits per heavy atom. The molecular weight excluding hydrogens is 264 g/mol. The number of rotatable bonds is 0. The number of fused-ring (bicyclic) bond motifs is 5. The summed E-state index contributed by atoms with van der Waals surface area (Å²) in [5.41, 5.74) is 3.19. The van der Waals surface area contributed by atoms with E-state index in [1.54, 1.807) is 16.7 Å². The molecule has 0 aliphatic rings. The van der Waals surface area contributed by atoms with Gasteiger partial charge in [-0.2, -0.15) is 0 Å². The molecule has 6 heteroatoms. The van der Waals surface area contributed by atoms with Crippen molar-refractivity contribution in [1.29, 1.82) is 0 Å². The predicted octanol–water partition coefficient (Wildman–Crippen LogP) is 2.79. The van der Waals surface area contributed by atoms with Crippen molar-refractivity contribution in [3.63, 3.8) is 0 Å². The molecular formula is C13H7ClN4O. The Hall–Kier alpha value is -2.40. The van der Waals surface area contributed by atoms with Gasteiger partial charge in [-0.25, -0.2) is 15.0 Å². The van der Waals surface area contributed by atoms with Gasteiger partial charge < -0.3 is 5.11 Å². The van der Waals surface area contributed by atoms with Crippen LogP contribution >= 0.6 is 11.6 Å². The average molecular weight is 271 g/mol. The van der Waals surface area contributed by atoms with E-state index in [1.807, 2.05) is 24.3 Å². The molecule has 0 unspecified atom stereocenters. The van der Waals surface area contributed by atoms with Crippen molar-refractivity contribution < 1.29 is 5.11 Å². The van der Waals surface area contributed by atoms with E-state index >= 15 is 0 Å². The van der Waals surface area contributed by atoms with Gasteiger partial charge in [-0.15, -0.1) is 0 Å². The van der Waals surface area contributed by atoms with Crippen molar-refractivity contribution in [2.24, 2.45) is 0 Å². The van der Waals surface area contributed by atoms with Crippen molar-refractivity contribution in [2.75, 3.05) is 0 Å². The van der Waals surface area contributed by atoms with E-state index in [4.69, 9.17) is 11.6 Å². The summed E-state index contributed by atoms with van der Waals surface area (Å²) in [5, 5.41) is 10.5. The van der Waals surface area contributed by atoms with Crippen molar-refractivity contribution >= 4 is 39.4 Å². The fraction of sp³-hybridized carbons (Fsp3) is 0. The Balaban J connectivity index is 2.36. The number of hydrogen-bond acceptors (Lipinski definition) is 4. The molecule has 0 atom stereocenters. The summed E-state index contributed by atoms with van der Waals surface area (Å²) < 4.78 is 1.78. The van der Waals surface area contributed by atoms with Gasteiger partial charge in [0, 0.05) is 6.20 Å². The molecule has 1 aromatic carbocycles. The highest BCUT2D eigenvalue weighted by Gasteiger charge is 2.13. The Morgan fingerprint density at radius 2 is 1.89 bits per heavy atom. The Bertz CT molecular complexity index is 947. The second-order valence-electron chi connectivity index (χ2n) is 4.19. The van der Waals surface area contributed by atoms with Gasteiger partial charge in [0.2, 0.25) is 5.65 Å². The van der Waals surface area contributed by atoms with Gasteiger partial charge in [0.25, 0.3) is 5.88 Å². The third kappa shape index (κ3) is 1.39. The monoisotopic (exact) mass is 270 g/mol. The standard InChI is InChI=1S/C13H7ClN4O/c14-7-5-9-11(15-6-7)18-10-4-2-1-3-8(10)16-12(18)13(19)17-9/h1-6H,(H,17,19). The van der Waals surface area contributed by atoms with Crippen molar-refractivity contribution in [3.05, 3.63) is 41.6 Å². The predicted molar refractivity (Wildman–Crippen MR) is 72.5 cm³/mol. The zero-order valence-electron chi connectivity index (χ0n) is 9.58. The van der Waals surface area contributed by atoms with Gasteiger partial charge in [-0.1, -0.05) is 23.7 Å². The Labute approximate surface area is 112 Å². The molecule has 0 saturated carbocycles. The minimum Gasteiger partial charge on any atom is -0.491 e. The van der Waals surface area contributed by atoms with E-state index in [0.717, 1.165) is 11.0 Å². The minimum absolute atomic E-state index is 0.132. The molecule has 0 bridgehead atoms. The Kier molecular flexibility index (Phi) is 1.97. The van der Waals surface area contributed by atoms with Crippen LogP contribution in [0.25, 0.3) is 27.8 Å². The number of aromatic nitrogens is 4. The number of hydrogen-bond donors (Lipinski definition) is 1. The summed E-state index contributed by atoms with van der Waals surface area (Å²) in [4.78, 5) is 12.7. The van der Waals surface area contributed by atoms with E-state index < -0.39 is 0 Å². The summed E-state index contributed by atoms with van der Waals surface area (Å²) in [5.74, 6) is -0.132. The van der Waals surface area contributed by atoms with Crippen LogP contribution in [-0.4, -0.2) is 24.5 Å². The highest BCUT2D eigenvalue weighted by atomic mass is 35.5. The fourth-order valence-electron chi connectivity index (χ4n) is 2.23. The third-order valence-corrected chi connectivity index (χ3v) is 3.22. The first kappa shape index (κ1) is 10.5. The van der Waals surface area contributed by atoms with Crippen LogP contribution in [0.2, 0.25) is 5.02 Å². The molecule has 19 heavy (non-hydrogen) atoms. The summed E-state index contributed by atoms with van der Waals surface area (Å²) in [6, 6.07) is 9.27. The number of para-hydroxylation sites is 2. The zero-order valence-corrected chi connectivity index (χ0v) is 10.3. The third-order valence-electron chi connectivity index (χ3n) is 3.01.